The molecule has 1 aliphatic rings. The Hall–Kier alpha value is -0.780. The molecule has 0 aliphatic heterocycles. The number of rotatable bonds is 6. The SMILES string of the molecule is O=C(CCC(F)(F)F)NC(CCO)C1CCCCC1. The van der Waals surface area contributed by atoms with Crippen LogP contribution in [0.5, 0.6) is 0 Å². The van der Waals surface area contributed by atoms with Gasteiger partial charge in [0.1, 0.15) is 0 Å². The smallest absolute Gasteiger partial charge is 0.389 e. The van der Waals surface area contributed by atoms with Gasteiger partial charge < -0.3 is 10.4 Å². The molecule has 1 fully saturated rings. The molecule has 0 aromatic heterocycles. The fourth-order valence-corrected chi connectivity index (χ4v) is 2.64. The lowest BCUT2D eigenvalue weighted by atomic mass is 9.82. The summed E-state index contributed by atoms with van der Waals surface area (Å²) in [4.78, 5) is 11.5. The van der Waals surface area contributed by atoms with Crippen LogP contribution in [0.15, 0.2) is 0 Å². The molecule has 112 valence electrons. The largest absolute Gasteiger partial charge is 0.396 e. The van der Waals surface area contributed by atoms with Gasteiger partial charge in [-0.15, -0.1) is 0 Å². The van der Waals surface area contributed by atoms with Crippen LogP contribution in [-0.2, 0) is 4.79 Å². The average molecular weight is 281 g/mol. The van der Waals surface area contributed by atoms with Gasteiger partial charge in [0.15, 0.2) is 0 Å². The molecule has 0 saturated heterocycles. The number of halogens is 3. The average Bonchev–Trinajstić information content (AvgIpc) is 2.36. The highest BCUT2D eigenvalue weighted by molar-refractivity contribution is 5.76. The van der Waals surface area contributed by atoms with Gasteiger partial charge in [0.2, 0.25) is 5.91 Å². The van der Waals surface area contributed by atoms with Crippen molar-refractivity contribution in [2.45, 2.75) is 63.6 Å². The lowest BCUT2D eigenvalue weighted by Gasteiger charge is -2.30. The zero-order valence-electron chi connectivity index (χ0n) is 11.0. The summed E-state index contributed by atoms with van der Waals surface area (Å²) in [7, 11) is 0. The summed E-state index contributed by atoms with van der Waals surface area (Å²) in [5, 5.41) is 11.7. The molecule has 1 unspecified atom stereocenters. The number of carbonyl (C=O) groups excluding carboxylic acids is 1. The molecule has 6 heteroatoms. The maximum absolute atomic E-state index is 12.0. The molecule has 1 rings (SSSR count). The second kappa shape index (κ2) is 7.72. The van der Waals surface area contributed by atoms with E-state index in [0.717, 1.165) is 25.7 Å². The van der Waals surface area contributed by atoms with Crippen molar-refractivity contribution in [1.82, 2.24) is 5.32 Å². The summed E-state index contributed by atoms with van der Waals surface area (Å²) in [6.07, 6.45) is -0.195. The third-order valence-corrected chi connectivity index (χ3v) is 3.64. The van der Waals surface area contributed by atoms with Crippen LogP contribution in [0.2, 0.25) is 0 Å². The van der Waals surface area contributed by atoms with E-state index < -0.39 is 24.9 Å². The van der Waals surface area contributed by atoms with E-state index >= 15 is 0 Å². The van der Waals surface area contributed by atoms with Crippen molar-refractivity contribution in [2.75, 3.05) is 6.61 Å². The van der Waals surface area contributed by atoms with E-state index in [1.165, 1.54) is 6.42 Å². The topological polar surface area (TPSA) is 49.3 Å². The first kappa shape index (κ1) is 16.3. The lowest BCUT2D eigenvalue weighted by Crippen LogP contribution is -2.42. The van der Waals surface area contributed by atoms with E-state index in [9.17, 15) is 18.0 Å². The standard InChI is InChI=1S/C13H22F3NO2/c14-13(15,16)8-6-12(19)17-11(7-9-18)10-4-2-1-3-5-10/h10-11,18H,1-9H2,(H,17,19). The van der Waals surface area contributed by atoms with Gasteiger partial charge in [-0.2, -0.15) is 13.2 Å². The first-order chi connectivity index (χ1) is 8.92. The second-order valence-electron chi connectivity index (χ2n) is 5.20. The van der Waals surface area contributed by atoms with Crippen LogP contribution in [0.25, 0.3) is 0 Å². The fraction of sp³-hybridized carbons (Fsp3) is 0.923. The summed E-state index contributed by atoms with van der Waals surface area (Å²) >= 11 is 0. The predicted octanol–water partition coefficient (Wildman–Crippen LogP) is 2.78. The molecular formula is C13H22F3NO2. The Bertz CT molecular complexity index is 276. The van der Waals surface area contributed by atoms with E-state index in [2.05, 4.69) is 5.32 Å². The molecule has 2 N–H and O–H groups in total. The van der Waals surface area contributed by atoms with Crippen LogP contribution < -0.4 is 5.32 Å². The van der Waals surface area contributed by atoms with Gasteiger partial charge in [-0.05, 0) is 25.2 Å². The van der Waals surface area contributed by atoms with Crippen LogP contribution in [0.1, 0.15) is 51.4 Å². The zero-order chi connectivity index (χ0) is 14.3. The zero-order valence-corrected chi connectivity index (χ0v) is 11.0. The van der Waals surface area contributed by atoms with Crippen LogP contribution in [0.3, 0.4) is 0 Å². The van der Waals surface area contributed by atoms with E-state index in [4.69, 9.17) is 5.11 Å². The number of alkyl halides is 3. The summed E-state index contributed by atoms with van der Waals surface area (Å²) in [5.74, 6) is -0.280. The third-order valence-electron chi connectivity index (χ3n) is 3.64. The van der Waals surface area contributed by atoms with Gasteiger partial charge in [0.05, 0.1) is 6.42 Å². The van der Waals surface area contributed by atoms with Gasteiger partial charge in [0, 0.05) is 19.1 Å². The number of amides is 1. The molecule has 1 aliphatic carbocycles. The summed E-state index contributed by atoms with van der Waals surface area (Å²) in [6.45, 7) is -0.0548. The minimum Gasteiger partial charge on any atom is -0.396 e. The van der Waals surface area contributed by atoms with Crippen LogP contribution in [-0.4, -0.2) is 29.8 Å². The minimum atomic E-state index is -4.30. The normalized spacial score (nSPS) is 19.2. The Balaban J connectivity index is 2.41. The Morgan fingerprint density at radius 1 is 1.26 bits per heavy atom. The van der Waals surface area contributed by atoms with Crippen molar-refractivity contribution in [3.05, 3.63) is 0 Å². The highest BCUT2D eigenvalue weighted by Gasteiger charge is 2.29. The Kier molecular flexibility index (Phi) is 6.62. The molecule has 19 heavy (non-hydrogen) atoms. The van der Waals surface area contributed by atoms with Gasteiger partial charge in [-0.25, -0.2) is 0 Å². The molecule has 1 atom stereocenters. The highest BCUT2D eigenvalue weighted by atomic mass is 19.4. The van der Waals surface area contributed by atoms with Crippen LogP contribution >= 0.6 is 0 Å². The molecule has 1 saturated carbocycles. The fourth-order valence-electron chi connectivity index (χ4n) is 2.64. The molecule has 0 aromatic carbocycles. The van der Waals surface area contributed by atoms with Crippen molar-refractivity contribution in [2.24, 2.45) is 5.92 Å². The van der Waals surface area contributed by atoms with Crippen LogP contribution in [0, 0.1) is 5.92 Å². The van der Waals surface area contributed by atoms with Gasteiger partial charge in [-0.1, -0.05) is 19.3 Å². The number of carbonyl (C=O) groups is 1. The Labute approximate surface area is 111 Å². The number of aliphatic hydroxyl groups excluding tert-OH is 1. The second-order valence-corrected chi connectivity index (χ2v) is 5.20. The van der Waals surface area contributed by atoms with Crippen molar-refractivity contribution in [1.29, 1.82) is 0 Å². The van der Waals surface area contributed by atoms with Crippen molar-refractivity contribution < 1.29 is 23.1 Å². The maximum Gasteiger partial charge on any atom is 0.389 e. The van der Waals surface area contributed by atoms with Gasteiger partial charge in [0.25, 0.3) is 0 Å². The third kappa shape index (κ3) is 6.80. The van der Waals surface area contributed by atoms with Gasteiger partial charge in [-0.3, -0.25) is 4.79 Å². The molecule has 1 amide bonds. The first-order valence-corrected chi connectivity index (χ1v) is 6.89. The monoisotopic (exact) mass is 281 g/mol. The highest BCUT2D eigenvalue weighted by Crippen LogP contribution is 2.28. The van der Waals surface area contributed by atoms with E-state index in [1.54, 1.807) is 0 Å². The molecular weight excluding hydrogens is 259 g/mol. The van der Waals surface area contributed by atoms with E-state index in [1.807, 2.05) is 0 Å². The minimum absolute atomic E-state index is 0.0548. The summed E-state index contributed by atoms with van der Waals surface area (Å²) in [6, 6.07) is -0.189. The number of hydrogen-bond acceptors (Lipinski definition) is 2. The lowest BCUT2D eigenvalue weighted by molar-refractivity contribution is -0.144. The quantitative estimate of drug-likeness (QED) is 0.786. The Morgan fingerprint density at radius 3 is 2.42 bits per heavy atom. The first-order valence-electron chi connectivity index (χ1n) is 6.89. The van der Waals surface area contributed by atoms with Crippen LogP contribution in [0.4, 0.5) is 13.2 Å². The predicted molar refractivity (Wildman–Crippen MR) is 65.5 cm³/mol. The number of aliphatic hydroxyl groups is 1. The van der Waals surface area contributed by atoms with E-state index in [0.29, 0.717) is 6.42 Å². The Morgan fingerprint density at radius 2 is 1.89 bits per heavy atom. The van der Waals surface area contributed by atoms with Crippen molar-refractivity contribution >= 4 is 5.91 Å². The number of hydrogen-bond donors (Lipinski definition) is 2. The molecule has 0 spiro atoms. The molecule has 0 bridgehead atoms. The maximum atomic E-state index is 12.0. The van der Waals surface area contributed by atoms with E-state index in [-0.39, 0.29) is 18.6 Å². The molecule has 0 radical (unpaired) electrons. The van der Waals surface area contributed by atoms with Crippen molar-refractivity contribution in [3.63, 3.8) is 0 Å². The molecule has 0 heterocycles. The number of nitrogens with one attached hydrogen (secondary N) is 1. The molecule has 0 aromatic rings. The van der Waals surface area contributed by atoms with Crippen molar-refractivity contribution in [3.8, 4) is 0 Å². The summed E-state index contributed by atoms with van der Waals surface area (Å²) in [5.41, 5.74) is 0. The van der Waals surface area contributed by atoms with Gasteiger partial charge >= 0.3 is 6.18 Å². The molecule has 3 nitrogen and oxygen atoms in total. The summed E-state index contributed by atoms with van der Waals surface area (Å²) < 4.78 is 36.1.